The summed E-state index contributed by atoms with van der Waals surface area (Å²) in [6.07, 6.45) is 2.40. The van der Waals surface area contributed by atoms with Crippen molar-refractivity contribution in [1.29, 1.82) is 0 Å². The minimum Gasteiger partial charge on any atom is -0.339 e. The quantitative estimate of drug-likeness (QED) is 0.839. The molecule has 1 aromatic carbocycles. The molecule has 0 aliphatic carbocycles. The maximum Gasteiger partial charge on any atom is 0.254 e. The second-order valence-corrected chi connectivity index (χ2v) is 8.61. The van der Waals surface area contributed by atoms with Crippen LogP contribution in [-0.2, 0) is 6.54 Å². The first-order chi connectivity index (χ1) is 14.5. The van der Waals surface area contributed by atoms with E-state index in [1.54, 1.807) is 6.07 Å². The molecular weight excluding hydrogens is 378 g/mol. The van der Waals surface area contributed by atoms with Gasteiger partial charge in [-0.3, -0.25) is 19.5 Å². The molecule has 1 amide bonds. The number of likely N-dealkylation sites (tertiary alicyclic amines) is 1. The van der Waals surface area contributed by atoms with Gasteiger partial charge in [0.05, 0.1) is 5.69 Å². The molecule has 2 aromatic rings. The highest BCUT2D eigenvalue weighted by atomic mass is 16.2. The molecule has 4 rings (SSSR count). The van der Waals surface area contributed by atoms with E-state index in [2.05, 4.69) is 21.7 Å². The third-order valence-corrected chi connectivity index (χ3v) is 6.29. The SMILES string of the molecule is Cc1ccccc1C(=O)N1CCN(c2nc(CN3CCC(C)CC3)cc(=O)[nH]2)CC1. The number of carbonyl (C=O) groups is 1. The molecule has 0 saturated carbocycles. The molecule has 0 bridgehead atoms. The second-order valence-electron chi connectivity index (χ2n) is 8.61. The molecule has 2 saturated heterocycles. The fraction of sp³-hybridized carbons (Fsp3) is 0.522. The summed E-state index contributed by atoms with van der Waals surface area (Å²) in [5.74, 6) is 1.47. The number of hydrogen-bond donors (Lipinski definition) is 1. The lowest BCUT2D eigenvalue weighted by atomic mass is 9.99. The zero-order valence-corrected chi connectivity index (χ0v) is 17.9. The molecule has 3 heterocycles. The van der Waals surface area contributed by atoms with Gasteiger partial charge >= 0.3 is 0 Å². The summed E-state index contributed by atoms with van der Waals surface area (Å²) in [6, 6.07) is 9.31. The first kappa shape index (κ1) is 20.6. The molecule has 7 nitrogen and oxygen atoms in total. The van der Waals surface area contributed by atoms with E-state index in [0.717, 1.165) is 42.4 Å². The van der Waals surface area contributed by atoms with E-state index in [-0.39, 0.29) is 11.5 Å². The number of piperidine rings is 1. The normalized spacial score (nSPS) is 18.6. The Morgan fingerprint density at radius 2 is 1.80 bits per heavy atom. The van der Waals surface area contributed by atoms with E-state index in [4.69, 9.17) is 4.98 Å². The van der Waals surface area contributed by atoms with Crippen molar-refractivity contribution in [1.82, 2.24) is 19.8 Å². The van der Waals surface area contributed by atoms with Crippen molar-refractivity contribution < 1.29 is 4.79 Å². The lowest BCUT2D eigenvalue weighted by Crippen LogP contribution is -2.49. The summed E-state index contributed by atoms with van der Waals surface area (Å²) in [4.78, 5) is 39.0. The third kappa shape index (κ3) is 4.73. The Bertz CT molecular complexity index is 941. The molecule has 1 N–H and O–H groups in total. The molecule has 1 aromatic heterocycles. The van der Waals surface area contributed by atoms with Gasteiger partial charge in [-0.15, -0.1) is 0 Å². The van der Waals surface area contributed by atoms with E-state index in [1.807, 2.05) is 36.1 Å². The number of H-pyrrole nitrogens is 1. The zero-order chi connectivity index (χ0) is 21.1. The number of aryl methyl sites for hydroxylation is 1. The Kier molecular flexibility index (Phi) is 6.18. The monoisotopic (exact) mass is 409 g/mol. The van der Waals surface area contributed by atoms with E-state index < -0.39 is 0 Å². The van der Waals surface area contributed by atoms with Crippen LogP contribution in [0.1, 0.15) is 41.4 Å². The van der Waals surface area contributed by atoms with Crippen LogP contribution in [0.2, 0.25) is 0 Å². The number of nitrogens with one attached hydrogen (secondary N) is 1. The molecule has 160 valence electrons. The van der Waals surface area contributed by atoms with Gasteiger partial charge in [0.25, 0.3) is 11.5 Å². The fourth-order valence-electron chi connectivity index (χ4n) is 4.28. The average molecular weight is 410 g/mol. The number of hydrogen-bond acceptors (Lipinski definition) is 5. The first-order valence-corrected chi connectivity index (χ1v) is 10.9. The van der Waals surface area contributed by atoms with E-state index in [9.17, 15) is 9.59 Å². The third-order valence-electron chi connectivity index (χ3n) is 6.29. The molecular formula is C23H31N5O2. The summed E-state index contributed by atoms with van der Waals surface area (Å²) < 4.78 is 0. The molecule has 2 fully saturated rings. The van der Waals surface area contributed by atoms with E-state index in [0.29, 0.717) is 32.1 Å². The summed E-state index contributed by atoms with van der Waals surface area (Å²) in [6.45, 7) is 9.65. The highest BCUT2D eigenvalue weighted by molar-refractivity contribution is 5.95. The topological polar surface area (TPSA) is 72.5 Å². The van der Waals surface area contributed by atoms with Crippen molar-refractivity contribution in [3.63, 3.8) is 0 Å². The zero-order valence-electron chi connectivity index (χ0n) is 17.9. The van der Waals surface area contributed by atoms with Gasteiger partial charge in [0.15, 0.2) is 0 Å². The number of aromatic nitrogens is 2. The molecule has 2 aliphatic heterocycles. The molecule has 2 aliphatic rings. The van der Waals surface area contributed by atoms with Gasteiger partial charge in [-0.2, -0.15) is 0 Å². The van der Waals surface area contributed by atoms with Crippen molar-refractivity contribution in [2.75, 3.05) is 44.2 Å². The number of carbonyl (C=O) groups excluding carboxylic acids is 1. The fourth-order valence-corrected chi connectivity index (χ4v) is 4.28. The van der Waals surface area contributed by atoms with Gasteiger partial charge < -0.3 is 9.80 Å². The molecule has 0 atom stereocenters. The Balaban J connectivity index is 1.40. The predicted octanol–water partition coefficient (Wildman–Crippen LogP) is 2.27. The van der Waals surface area contributed by atoms with Gasteiger partial charge in [0, 0.05) is 44.4 Å². The van der Waals surface area contributed by atoms with Crippen LogP contribution in [0.25, 0.3) is 0 Å². The van der Waals surface area contributed by atoms with Crippen LogP contribution in [0.5, 0.6) is 0 Å². The summed E-state index contributed by atoms with van der Waals surface area (Å²) >= 11 is 0. The predicted molar refractivity (Wildman–Crippen MR) is 118 cm³/mol. The van der Waals surface area contributed by atoms with E-state index in [1.165, 1.54) is 12.8 Å². The largest absolute Gasteiger partial charge is 0.339 e. The maximum absolute atomic E-state index is 12.8. The van der Waals surface area contributed by atoms with Crippen LogP contribution in [0.15, 0.2) is 35.1 Å². The van der Waals surface area contributed by atoms with Gasteiger partial charge in [-0.1, -0.05) is 25.1 Å². The second kappa shape index (κ2) is 9.00. The highest BCUT2D eigenvalue weighted by Gasteiger charge is 2.24. The minimum absolute atomic E-state index is 0.0716. The Morgan fingerprint density at radius 3 is 2.50 bits per heavy atom. The van der Waals surface area contributed by atoms with Crippen molar-refractivity contribution in [3.8, 4) is 0 Å². The van der Waals surface area contributed by atoms with Crippen LogP contribution in [0, 0.1) is 12.8 Å². The number of benzene rings is 1. The number of rotatable bonds is 4. The van der Waals surface area contributed by atoms with Crippen molar-refractivity contribution in [2.45, 2.75) is 33.2 Å². The molecule has 0 spiro atoms. The molecule has 0 radical (unpaired) electrons. The molecule has 30 heavy (non-hydrogen) atoms. The van der Waals surface area contributed by atoms with Gasteiger partial charge in [-0.05, 0) is 50.4 Å². The lowest BCUT2D eigenvalue weighted by molar-refractivity contribution is 0.0745. The van der Waals surface area contributed by atoms with Crippen molar-refractivity contribution in [2.24, 2.45) is 5.92 Å². The number of piperazine rings is 1. The van der Waals surface area contributed by atoms with Crippen LogP contribution in [0.4, 0.5) is 5.95 Å². The number of aromatic amines is 1. The Labute approximate surface area is 177 Å². The van der Waals surface area contributed by atoms with Crippen LogP contribution in [-0.4, -0.2) is 64.9 Å². The standard InChI is InChI=1S/C23H31N5O2/c1-17-7-9-26(10-8-17)16-19-15-21(29)25-23(24-19)28-13-11-27(12-14-28)22(30)20-6-4-3-5-18(20)2/h3-6,15,17H,7-14,16H2,1-2H3,(H,24,25,29). The minimum atomic E-state index is -0.112. The average Bonchev–Trinajstić information content (AvgIpc) is 2.75. The Hall–Kier alpha value is -2.67. The summed E-state index contributed by atoms with van der Waals surface area (Å²) in [5.41, 5.74) is 2.46. The van der Waals surface area contributed by atoms with E-state index >= 15 is 0 Å². The summed E-state index contributed by atoms with van der Waals surface area (Å²) in [7, 11) is 0. The number of amides is 1. The Morgan fingerprint density at radius 1 is 1.10 bits per heavy atom. The molecule has 0 unspecified atom stereocenters. The van der Waals surface area contributed by atoms with Crippen LogP contribution >= 0.6 is 0 Å². The van der Waals surface area contributed by atoms with Crippen molar-refractivity contribution >= 4 is 11.9 Å². The molecule has 7 heteroatoms. The maximum atomic E-state index is 12.8. The number of nitrogens with zero attached hydrogens (tertiary/aromatic N) is 4. The smallest absolute Gasteiger partial charge is 0.254 e. The number of anilines is 1. The summed E-state index contributed by atoms with van der Waals surface area (Å²) in [5, 5.41) is 0. The van der Waals surface area contributed by atoms with Crippen molar-refractivity contribution in [3.05, 3.63) is 57.5 Å². The lowest BCUT2D eigenvalue weighted by Gasteiger charge is -2.35. The van der Waals surface area contributed by atoms with Crippen LogP contribution in [0.3, 0.4) is 0 Å². The van der Waals surface area contributed by atoms with Gasteiger partial charge in [0.1, 0.15) is 0 Å². The highest BCUT2D eigenvalue weighted by Crippen LogP contribution is 2.19. The van der Waals surface area contributed by atoms with Crippen LogP contribution < -0.4 is 10.5 Å². The first-order valence-electron chi connectivity index (χ1n) is 10.9. The van der Waals surface area contributed by atoms with Gasteiger partial charge in [-0.25, -0.2) is 4.98 Å². The van der Waals surface area contributed by atoms with Gasteiger partial charge in [0.2, 0.25) is 5.95 Å².